The summed E-state index contributed by atoms with van der Waals surface area (Å²) in [5, 5.41) is 0.229. The molecule has 26 heavy (non-hydrogen) atoms. The summed E-state index contributed by atoms with van der Waals surface area (Å²) >= 11 is 5.89. The van der Waals surface area contributed by atoms with Crippen LogP contribution in [0.15, 0.2) is 47.4 Å². The average Bonchev–Trinajstić information content (AvgIpc) is 2.61. The molecule has 0 saturated heterocycles. The number of rotatable bonds is 6. The van der Waals surface area contributed by atoms with Gasteiger partial charge in [0.15, 0.2) is 0 Å². The Morgan fingerprint density at radius 1 is 1.15 bits per heavy atom. The average molecular weight is 401 g/mol. The number of carbonyl (C=O) groups is 1. The van der Waals surface area contributed by atoms with Crippen molar-refractivity contribution >= 4 is 33.2 Å². The lowest BCUT2D eigenvalue weighted by atomic mass is 10.3. The normalized spacial score (nSPS) is 11.5. The van der Waals surface area contributed by atoms with E-state index in [1.54, 1.807) is 0 Å². The standard InChI is InChI=1S/C17H18ClFN2O4S/c1-20(11-17(22)21(2)14-7-5-13(19)6-8-14)26(23,24)16-10-12(18)4-9-15(16)25-3/h4-10H,11H2,1-3H3. The molecule has 0 unspecified atom stereocenters. The van der Waals surface area contributed by atoms with Gasteiger partial charge in [-0.05, 0) is 42.5 Å². The lowest BCUT2D eigenvalue weighted by Crippen LogP contribution is -2.39. The zero-order valence-corrected chi connectivity index (χ0v) is 16.0. The van der Waals surface area contributed by atoms with Crippen molar-refractivity contribution in [3.63, 3.8) is 0 Å². The van der Waals surface area contributed by atoms with Crippen molar-refractivity contribution in [2.75, 3.05) is 32.6 Å². The van der Waals surface area contributed by atoms with Crippen molar-refractivity contribution in [2.45, 2.75) is 4.90 Å². The van der Waals surface area contributed by atoms with E-state index in [4.69, 9.17) is 16.3 Å². The molecule has 2 rings (SSSR count). The van der Waals surface area contributed by atoms with E-state index in [0.717, 1.165) is 4.31 Å². The van der Waals surface area contributed by atoms with E-state index in [1.165, 1.54) is 68.6 Å². The van der Waals surface area contributed by atoms with Gasteiger partial charge in [0.25, 0.3) is 0 Å². The molecule has 9 heteroatoms. The summed E-state index contributed by atoms with van der Waals surface area (Å²) in [7, 11) is 0.104. The lowest BCUT2D eigenvalue weighted by Gasteiger charge is -2.22. The maximum Gasteiger partial charge on any atom is 0.247 e. The summed E-state index contributed by atoms with van der Waals surface area (Å²) in [6, 6.07) is 9.51. The molecule has 0 heterocycles. The van der Waals surface area contributed by atoms with E-state index in [0.29, 0.717) is 5.69 Å². The molecule has 0 bridgehead atoms. The van der Waals surface area contributed by atoms with Crippen LogP contribution in [0.1, 0.15) is 0 Å². The van der Waals surface area contributed by atoms with Gasteiger partial charge in [0.2, 0.25) is 15.9 Å². The highest BCUT2D eigenvalue weighted by atomic mass is 35.5. The van der Waals surface area contributed by atoms with Crippen LogP contribution < -0.4 is 9.64 Å². The number of methoxy groups -OCH3 is 1. The van der Waals surface area contributed by atoms with Crippen molar-refractivity contribution in [1.29, 1.82) is 0 Å². The predicted octanol–water partition coefficient (Wildman–Crippen LogP) is 2.77. The Balaban J connectivity index is 2.22. The molecule has 0 spiro atoms. The number of benzene rings is 2. The molecule has 0 N–H and O–H groups in total. The first kappa shape index (κ1) is 20.2. The summed E-state index contributed by atoms with van der Waals surface area (Å²) < 4.78 is 44.5. The molecule has 140 valence electrons. The monoisotopic (exact) mass is 400 g/mol. The minimum absolute atomic E-state index is 0.126. The van der Waals surface area contributed by atoms with Crippen molar-refractivity contribution in [3.8, 4) is 5.75 Å². The fraction of sp³-hybridized carbons (Fsp3) is 0.235. The van der Waals surface area contributed by atoms with Crippen LogP contribution in [0, 0.1) is 5.82 Å². The van der Waals surface area contributed by atoms with E-state index in [9.17, 15) is 17.6 Å². The Hall–Kier alpha value is -2.16. The topological polar surface area (TPSA) is 66.9 Å². The number of amides is 1. The highest BCUT2D eigenvalue weighted by Gasteiger charge is 2.28. The number of carbonyl (C=O) groups excluding carboxylic acids is 1. The van der Waals surface area contributed by atoms with E-state index >= 15 is 0 Å². The van der Waals surface area contributed by atoms with Gasteiger partial charge in [-0.2, -0.15) is 4.31 Å². The molecule has 0 aliphatic heterocycles. The summed E-state index contributed by atoms with van der Waals surface area (Å²) in [5.41, 5.74) is 0.447. The molecular formula is C17H18ClFN2O4S. The zero-order chi connectivity index (χ0) is 19.5. The molecule has 0 atom stereocenters. The van der Waals surface area contributed by atoms with Gasteiger partial charge in [-0.15, -0.1) is 0 Å². The Morgan fingerprint density at radius 3 is 2.35 bits per heavy atom. The van der Waals surface area contributed by atoms with Gasteiger partial charge in [-0.25, -0.2) is 12.8 Å². The van der Waals surface area contributed by atoms with Crippen molar-refractivity contribution in [3.05, 3.63) is 53.3 Å². The molecule has 2 aromatic rings. The number of hydrogen-bond acceptors (Lipinski definition) is 4. The van der Waals surface area contributed by atoms with Gasteiger partial charge in [0.05, 0.1) is 13.7 Å². The molecule has 0 saturated carbocycles. The molecule has 0 aliphatic carbocycles. The Bertz CT molecular complexity index is 903. The minimum atomic E-state index is -4.01. The third kappa shape index (κ3) is 4.32. The lowest BCUT2D eigenvalue weighted by molar-refractivity contribution is -0.118. The molecule has 6 nitrogen and oxygen atoms in total. The first-order chi connectivity index (χ1) is 12.2. The number of hydrogen-bond donors (Lipinski definition) is 0. The first-order valence-electron chi connectivity index (χ1n) is 7.49. The van der Waals surface area contributed by atoms with E-state index in [-0.39, 0.29) is 15.7 Å². The van der Waals surface area contributed by atoms with Crippen LogP contribution in [0.25, 0.3) is 0 Å². The third-order valence-corrected chi connectivity index (χ3v) is 5.82. The van der Waals surface area contributed by atoms with E-state index < -0.39 is 28.3 Å². The molecule has 0 aromatic heterocycles. The van der Waals surface area contributed by atoms with Crippen LogP contribution in [0.2, 0.25) is 5.02 Å². The van der Waals surface area contributed by atoms with Crippen molar-refractivity contribution in [1.82, 2.24) is 4.31 Å². The van der Waals surface area contributed by atoms with Crippen molar-refractivity contribution < 1.29 is 22.3 Å². The Labute approximate surface area is 156 Å². The predicted molar refractivity (Wildman–Crippen MR) is 97.6 cm³/mol. The van der Waals surface area contributed by atoms with Gasteiger partial charge in [-0.1, -0.05) is 11.6 Å². The van der Waals surface area contributed by atoms with E-state index in [1.807, 2.05) is 0 Å². The smallest absolute Gasteiger partial charge is 0.247 e. The maximum absolute atomic E-state index is 13.0. The van der Waals surface area contributed by atoms with Crippen molar-refractivity contribution in [2.24, 2.45) is 0 Å². The van der Waals surface area contributed by atoms with Gasteiger partial charge < -0.3 is 9.64 Å². The second kappa shape index (κ2) is 8.03. The highest BCUT2D eigenvalue weighted by molar-refractivity contribution is 7.89. The minimum Gasteiger partial charge on any atom is -0.495 e. The van der Waals surface area contributed by atoms with Crippen LogP contribution in [-0.4, -0.2) is 46.4 Å². The quantitative estimate of drug-likeness (QED) is 0.747. The van der Waals surface area contributed by atoms with Crippen LogP contribution in [0.4, 0.5) is 10.1 Å². The second-order valence-electron chi connectivity index (χ2n) is 5.49. The van der Waals surface area contributed by atoms with Gasteiger partial charge in [-0.3, -0.25) is 4.79 Å². The highest BCUT2D eigenvalue weighted by Crippen LogP contribution is 2.29. The molecule has 0 fully saturated rings. The van der Waals surface area contributed by atoms with Crippen LogP contribution in [-0.2, 0) is 14.8 Å². The molecule has 1 amide bonds. The molecular weight excluding hydrogens is 383 g/mol. The Morgan fingerprint density at radius 2 is 1.77 bits per heavy atom. The largest absolute Gasteiger partial charge is 0.495 e. The number of ether oxygens (including phenoxy) is 1. The number of nitrogens with zero attached hydrogens (tertiary/aromatic N) is 2. The number of halogens is 2. The third-order valence-electron chi connectivity index (χ3n) is 3.76. The fourth-order valence-corrected chi connectivity index (χ4v) is 3.74. The van der Waals surface area contributed by atoms with E-state index in [2.05, 4.69) is 0 Å². The summed E-state index contributed by atoms with van der Waals surface area (Å²) in [6.45, 7) is -0.411. The van der Waals surface area contributed by atoms with Gasteiger partial charge in [0, 0.05) is 24.8 Å². The Kier molecular flexibility index (Phi) is 6.22. The molecule has 0 radical (unpaired) electrons. The second-order valence-corrected chi connectivity index (χ2v) is 7.94. The summed E-state index contributed by atoms with van der Waals surface area (Å²) in [5.74, 6) is -0.786. The zero-order valence-electron chi connectivity index (χ0n) is 14.4. The number of anilines is 1. The van der Waals surface area contributed by atoms with Gasteiger partial charge >= 0.3 is 0 Å². The molecule has 2 aromatic carbocycles. The SMILES string of the molecule is COc1ccc(Cl)cc1S(=O)(=O)N(C)CC(=O)N(C)c1ccc(F)cc1. The van der Waals surface area contributed by atoms with Crippen LogP contribution in [0.3, 0.4) is 0 Å². The summed E-state index contributed by atoms with van der Waals surface area (Å²) in [4.78, 5) is 13.5. The number of likely N-dealkylation sites (N-methyl/N-ethyl adjacent to an activating group) is 2. The van der Waals surface area contributed by atoms with Crippen LogP contribution >= 0.6 is 11.6 Å². The maximum atomic E-state index is 13.0. The number of sulfonamides is 1. The molecule has 0 aliphatic rings. The van der Waals surface area contributed by atoms with Gasteiger partial charge in [0.1, 0.15) is 16.5 Å². The first-order valence-corrected chi connectivity index (χ1v) is 9.30. The summed E-state index contributed by atoms with van der Waals surface area (Å²) in [6.07, 6.45) is 0. The fourth-order valence-electron chi connectivity index (χ4n) is 2.21. The van der Waals surface area contributed by atoms with Crippen LogP contribution in [0.5, 0.6) is 5.75 Å².